The highest BCUT2D eigenvalue weighted by Crippen LogP contribution is 2.14. The molecule has 1 fully saturated rings. The number of nitrogens with one attached hydrogen (secondary N) is 1. The highest BCUT2D eigenvalue weighted by Gasteiger charge is 2.22. The summed E-state index contributed by atoms with van der Waals surface area (Å²) in [5.41, 5.74) is 1.67. The molecule has 6 nitrogen and oxygen atoms in total. The van der Waals surface area contributed by atoms with Crippen LogP contribution in [0, 0.1) is 5.92 Å². The Bertz CT molecular complexity index is 676. The predicted octanol–water partition coefficient (Wildman–Crippen LogP) is 2.35. The van der Waals surface area contributed by atoms with Gasteiger partial charge in [0, 0.05) is 49.3 Å². The lowest BCUT2D eigenvalue weighted by atomic mass is 10.0. The molecule has 26 heavy (non-hydrogen) atoms. The van der Waals surface area contributed by atoms with E-state index in [1.807, 2.05) is 35.0 Å². The molecule has 2 aromatic rings. The van der Waals surface area contributed by atoms with Crippen LogP contribution in [-0.2, 0) is 4.74 Å². The molecule has 1 N–H and O–H groups in total. The lowest BCUT2D eigenvalue weighted by molar-refractivity contribution is 0.0124. The second-order valence-corrected chi connectivity index (χ2v) is 7.16. The van der Waals surface area contributed by atoms with Gasteiger partial charge in [-0.05, 0) is 36.6 Å². The van der Waals surface area contributed by atoms with Gasteiger partial charge in [-0.25, -0.2) is 4.98 Å². The van der Waals surface area contributed by atoms with Gasteiger partial charge in [0.1, 0.15) is 0 Å². The smallest absolute Gasteiger partial charge is 0.251 e. The van der Waals surface area contributed by atoms with Gasteiger partial charge < -0.3 is 14.6 Å². The maximum absolute atomic E-state index is 12.5. The van der Waals surface area contributed by atoms with Crippen molar-refractivity contribution < 1.29 is 9.53 Å². The first kappa shape index (κ1) is 18.6. The molecular formula is C20H28N4O2. The lowest BCUT2D eigenvalue weighted by Crippen LogP contribution is -2.49. The zero-order chi connectivity index (χ0) is 18.4. The molecule has 0 aliphatic carbocycles. The summed E-state index contributed by atoms with van der Waals surface area (Å²) in [4.78, 5) is 19.0. The first-order valence-corrected chi connectivity index (χ1v) is 9.32. The largest absolute Gasteiger partial charge is 0.379 e. The molecule has 1 aliphatic rings. The van der Waals surface area contributed by atoms with Crippen LogP contribution in [0.25, 0.3) is 5.69 Å². The molecule has 1 aliphatic heterocycles. The zero-order valence-corrected chi connectivity index (χ0v) is 15.6. The fraction of sp³-hybridized carbons (Fsp3) is 0.500. The van der Waals surface area contributed by atoms with E-state index in [1.54, 1.807) is 12.5 Å². The minimum absolute atomic E-state index is 0.0239. The minimum Gasteiger partial charge on any atom is -0.379 e. The molecule has 0 spiro atoms. The van der Waals surface area contributed by atoms with Gasteiger partial charge >= 0.3 is 0 Å². The van der Waals surface area contributed by atoms with Gasteiger partial charge in [-0.1, -0.05) is 13.8 Å². The van der Waals surface area contributed by atoms with Crippen molar-refractivity contribution in [1.82, 2.24) is 19.8 Å². The summed E-state index contributed by atoms with van der Waals surface area (Å²) in [5.74, 6) is 0.568. The molecule has 1 atom stereocenters. The Morgan fingerprint density at radius 1 is 1.23 bits per heavy atom. The molecule has 1 saturated heterocycles. The van der Waals surface area contributed by atoms with Crippen molar-refractivity contribution in [3.8, 4) is 5.69 Å². The number of carbonyl (C=O) groups is 1. The quantitative estimate of drug-likeness (QED) is 0.827. The Hall–Kier alpha value is -2.18. The van der Waals surface area contributed by atoms with Gasteiger partial charge in [0.25, 0.3) is 5.91 Å². The molecule has 0 saturated carbocycles. The molecule has 6 heteroatoms. The van der Waals surface area contributed by atoms with Crippen molar-refractivity contribution in [1.29, 1.82) is 0 Å². The van der Waals surface area contributed by atoms with E-state index in [2.05, 4.69) is 29.0 Å². The van der Waals surface area contributed by atoms with Crippen LogP contribution >= 0.6 is 0 Å². The lowest BCUT2D eigenvalue weighted by Gasteiger charge is -2.35. The number of hydrogen-bond donors (Lipinski definition) is 1. The summed E-state index contributed by atoms with van der Waals surface area (Å²) in [5, 5.41) is 3.12. The van der Waals surface area contributed by atoms with Crippen LogP contribution in [0.4, 0.5) is 0 Å². The van der Waals surface area contributed by atoms with Crippen LogP contribution in [0.1, 0.15) is 30.6 Å². The molecule has 140 valence electrons. The first-order chi connectivity index (χ1) is 12.6. The highest BCUT2D eigenvalue weighted by molar-refractivity contribution is 5.94. The molecule has 1 aromatic carbocycles. The van der Waals surface area contributed by atoms with Crippen molar-refractivity contribution in [3.63, 3.8) is 0 Å². The summed E-state index contributed by atoms with van der Waals surface area (Å²) in [6.45, 7) is 8.55. The molecule has 1 aromatic heterocycles. The number of benzene rings is 1. The van der Waals surface area contributed by atoms with Crippen molar-refractivity contribution in [3.05, 3.63) is 48.5 Å². The third-order valence-corrected chi connectivity index (χ3v) is 4.74. The van der Waals surface area contributed by atoms with E-state index in [4.69, 9.17) is 4.74 Å². The number of ether oxygens (including phenoxy) is 1. The Labute approximate surface area is 155 Å². The topological polar surface area (TPSA) is 59.4 Å². The normalized spacial score (nSPS) is 16.6. The Kier molecular flexibility index (Phi) is 6.41. The van der Waals surface area contributed by atoms with Crippen LogP contribution in [0.2, 0.25) is 0 Å². The fourth-order valence-corrected chi connectivity index (χ4v) is 3.36. The number of amides is 1. The van der Waals surface area contributed by atoms with Crippen LogP contribution < -0.4 is 5.32 Å². The van der Waals surface area contributed by atoms with Gasteiger partial charge in [0.05, 0.1) is 19.5 Å². The fourth-order valence-electron chi connectivity index (χ4n) is 3.36. The Balaban J connectivity index is 1.58. The SMILES string of the molecule is CC(C)CC(CNC(=O)c1ccc(-n2ccnc2)cc1)N1CCOCC1. The zero-order valence-electron chi connectivity index (χ0n) is 15.6. The van der Waals surface area contributed by atoms with Crippen molar-refractivity contribution >= 4 is 5.91 Å². The predicted molar refractivity (Wildman–Crippen MR) is 102 cm³/mol. The van der Waals surface area contributed by atoms with Gasteiger partial charge in [-0.2, -0.15) is 0 Å². The minimum atomic E-state index is -0.0239. The average molecular weight is 356 g/mol. The van der Waals surface area contributed by atoms with E-state index in [-0.39, 0.29) is 5.91 Å². The molecule has 1 amide bonds. The van der Waals surface area contributed by atoms with Crippen molar-refractivity contribution in [2.45, 2.75) is 26.3 Å². The van der Waals surface area contributed by atoms with E-state index >= 15 is 0 Å². The van der Waals surface area contributed by atoms with E-state index in [0.29, 0.717) is 24.1 Å². The Morgan fingerprint density at radius 2 is 1.96 bits per heavy atom. The van der Waals surface area contributed by atoms with Crippen molar-refractivity contribution in [2.24, 2.45) is 5.92 Å². The van der Waals surface area contributed by atoms with Gasteiger partial charge in [-0.15, -0.1) is 0 Å². The second-order valence-electron chi connectivity index (χ2n) is 7.16. The molecule has 3 rings (SSSR count). The summed E-state index contributed by atoms with van der Waals surface area (Å²) < 4.78 is 7.37. The van der Waals surface area contributed by atoms with Crippen LogP contribution in [0.5, 0.6) is 0 Å². The molecule has 1 unspecified atom stereocenters. The number of rotatable bonds is 7. The van der Waals surface area contributed by atoms with Crippen LogP contribution in [-0.4, -0.2) is 59.2 Å². The van der Waals surface area contributed by atoms with Gasteiger partial charge in [-0.3, -0.25) is 9.69 Å². The third kappa shape index (κ3) is 4.93. The van der Waals surface area contributed by atoms with Crippen LogP contribution in [0.15, 0.2) is 43.0 Å². The average Bonchev–Trinajstić information content (AvgIpc) is 3.20. The second kappa shape index (κ2) is 8.96. The van der Waals surface area contributed by atoms with Crippen molar-refractivity contribution in [2.75, 3.05) is 32.8 Å². The molecular weight excluding hydrogens is 328 g/mol. The number of hydrogen-bond acceptors (Lipinski definition) is 4. The van der Waals surface area contributed by atoms with E-state index in [9.17, 15) is 4.79 Å². The van der Waals surface area contributed by atoms with E-state index in [1.165, 1.54) is 0 Å². The van der Waals surface area contributed by atoms with Crippen LogP contribution in [0.3, 0.4) is 0 Å². The third-order valence-electron chi connectivity index (χ3n) is 4.74. The number of carbonyl (C=O) groups excluding carboxylic acids is 1. The van der Waals surface area contributed by atoms with Gasteiger partial charge in [0.2, 0.25) is 0 Å². The standard InChI is InChI=1S/C20H28N4O2/c1-16(2)13-19(23-9-11-26-12-10-23)14-22-20(25)17-3-5-18(6-4-17)24-8-7-21-15-24/h3-8,15-16,19H,9-14H2,1-2H3,(H,22,25). The van der Waals surface area contributed by atoms with E-state index < -0.39 is 0 Å². The maximum atomic E-state index is 12.5. The van der Waals surface area contributed by atoms with Gasteiger partial charge in [0.15, 0.2) is 0 Å². The number of imidazole rings is 1. The van der Waals surface area contributed by atoms with E-state index in [0.717, 1.165) is 38.4 Å². The molecule has 0 bridgehead atoms. The number of nitrogens with zero attached hydrogens (tertiary/aromatic N) is 3. The molecule has 2 heterocycles. The Morgan fingerprint density at radius 3 is 2.58 bits per heavy atom. The monoisotopic (exact) mass is 356 g/mol. The highest BCUT2D eigenvalue weighted by atomic mass is 16.5. The summed E-state index contributed by atoms with van der Waals surface area (Å²) in [6, 6.07) is 7.94. The molecule has 0 radical (unpaired) electrons. The number of morpholine rings is 1. The summed E-state index contributed by atoms with van der Waals surface area (Å²) in [6.07, 6.45) is 6.43. The first-order valence-electron chi connectivity index (χ1n) is 9.32. The maximum Gasteiger partial charge on any atom is 0.251 e. The summed E-state index contributed by atoms with van der Waals surface area (Å²) in [7, 11) is 0. The number of aromatic nitrogens is 2. The summed E-state index contributed by atoms with van der Waals surface area (Å²) >= 11 is 0.